The fourth-order valence-corrected chi connectivity index (χ4v) is 2.69. The number of rotatable bonds is 6. The Kier molecular flexibility index (Phi) is 5.71. The Balaban J connectivity index is 1.76. The SMILES string of the molecule is CCOC(=N)c1ccc(-c2coc(-c3ccc(C(=N)OCC)cc3)c2)cc1. The molecule has 0 bridgehead atoms. The third-order valence-corrected chi connectivity index (χ3v) is 4.09. The highest BCUT2D eigenvalue weighted by Crippen LogP contribution is 2.29. The van der Waals surface area contributed by atoms with Crippen molar-refractivity contribution in [2.75, 3.05) is 13.2 Å². The molecule has 0 unspecified atom stereocenters. The first-order valence-corrected chi connectivity index (χ1v) is 8.85. The van der Waals surface area contributed by atoms with Crippen LogP contribution in [0.4, 0.5) is 0 Å². The van der Waals surface area contributed by atoms with Crippen molar-refractivity contribution in [3.63, 3.8) is 0 Å². The summed E-state index contributed by atoms with van der Waals surface area (Å²) >= 11 is 0. The summed E-state index contributed by atoms with van der Waals surface area (Å²) in [7, 11) is 0. The molecule has 0 aliphatic rings. The Labute approximate surface area is 158 Å². The average molecular weight is 362 g/mol. The molecule has 0 fully saturated rings. The van der Waals surface area contributed by atoms with Gasteiger partial charge in [0.15, 0.2) is 0 Å². The molecule has 0 amide bonds. The van der Waals surface area contributed by atoms with Crippen molar-refractivity contribution in [2.45, 2.75) is 13.8 Å². The molecule has 2 N–H and O–H groups in total. The molecule has 0 atom stereocenters. The van der Waals surface area contributed by atoms with E-state index in [0.29, 0.717) is 13.2 Å². The Morgan fingerprint density at radius 3 is 1.70 bits per heavy atom. The van der Waals surface area contributed by atoms with Gasteiger partial charge in [-0.2, -0.15) is 0 Å². The zero-order valence-corrected chi connectivity index (χ0v) is 15.4. The third-order valence-electron chi connectivity index (χ3n) is 4.09. The first-order valence-electron chi connectivity index (χ1n) is 8.85. The lowest BCUT2D eigenvalue weighted by Gasteiger charge is -2.05. The van der Waals surface area contributed by atoms with Crippen LogP contribution < -0.4 is 0 Å². The standard InChI is InChI=1S/C22H22N2O3/c1-3-25-21(23)17-9-5-15(6-10-17)19-13-20(27-14-19)16-7-11-18(12-8-16)22(24)26-4-2/h5-14,23-24H,3-4H2,1-2H3. The van der Waals surface area contributed by atoms with E-state index in [0.717, 1.165) is 33.6 Å². The Morgan fingerprint density at radius 2 is 1.22 bits per heavy atom. The van der Waals surface area contributed by atoms with E-state index < -0.39 is 0 Å². The molecular formula is C22H22N2O3. The van der Waals surface area contributed by atoms with E-state index in [1.165, 1.54) is 0 Å². The first-order chi connectivity index (χ1) is 13.1. The van der Waals surface area contributed by atoms with Gasteiger partial charge in [-0.25, -0.2) is 0 Å². The van der Waals surface area contributed by atoms with E-state index in [1.54, 1.807) is 6.26 Å². The second kappa shape index (κ2) is 8.36. The molecule has 3 rings (SSSR count). The van der Waals surface area contributed by atoms with Crippen LogP contribution in [0.5, 0.6) is 0 Å². The zero-order chi connectivity index (χ0) is 19.2. The number of furan rings is 1. The maximum atomic E-state index is 7.83. The molecule has 27 heavy (non-hydrogen) atoms. The van der Waals surface area contributed by atoms with Gasteiger partial charge in [-0.3, -0.25) is 10.8 Å². The van der Waals surface area contributed by atoms with E-state index in [9.17, 15) is 0 Å². The lowest BCUT2D eigenvalue weighted by molar-refractivity contribution is 0.325. The number of nitrogens with one attached hydrogen (secondary N) is 2. The van der Waals surface area contributed by atoms with Crippen LogP contribution in [-0.2, 0) is 9.47 Å². The highest BCUT2D eigenvalue weighted by Gasteiger charge is 2.09. The second-order valence-corrected chi connectivity index (χ2v) is 5.88. The van der Waals surface area contributed by atoms with Crippen molar-refractivity contribution in [3.05, 3.63) is 72.0 Å². The molecule has 0 spiro atoms. The lowest BCUT2D eigenvalue weighted by atomic mass is 10.0. The highest BCUT2D eigenvalue weighted by molar-refractivity contribution is 5.92. The molecule has 1 aromatic heterocycles. The molecular weight excluding hydrogens is 340 g/mol. The number of benzene rings is 2. The number of hydrogen-bond donors (Lipinski definition) is 2. The van der Waals surface area contributed by atoms with Gasteiger partial charge in [0.05, 0.1) is 19.5 Å². The summed E-state index contributed by atoms with van der Waals surface area (Å²) in [6, 6.07) is 17.1. The molecule has 0 aliphatic heterocycles. The molecule has 5 nitrogen and oxygen atoms in total. The van der Waals surface area contributed by atoms with Crippen LogP contribution in [0, 0.1) is 10.8 Å². The summed E-state index contributed by atoms with van der Waals surface area (Å²) in [6.45, 7) is 4.68. The predicted octanol–water partition coefficient (Wildman–Crippen LogP) is 5.34. The lowest BCUT2D eigenvalue weighted by Crippen LogP contribution is -2.04. The predicted molar refractivity (Wildman–Crippen MR) is 106 cm³/mol. The van der Waals surface area contributed by atoms with Crippen molar-refractivity contribution < 1.29 is 13.9 Å². The Hall–Kier alpha value is -3.34. The Bertz CT molecular complexity index is 849. The van der Waals surface area contributed by atoms with E-state index in [4.69, 9.17) is 24.7 Å². The van der Waals surface area contributed by atoms with E-state index in [-0.39, 0.29) is 11.8 Å². The summed E-state index contributed by atoms with van der Waals surface area (Å²) in [5.41, 5.74) is 4.39. The number of hydrogen-bond acceptors (Lipinski definition) is 5. The van der Waals surface area contributed by atoms with Gasteiger partial charge in [0, 0.05) is 22.3 Å². The third kappa shape index (κ3) is 4.26. The van der Waals surface area contributed by atoms with Gasteiger partial charge in [0.25, 0.3) is 0 Å². The topological polar surface area (TPSA) is 79.3 Å². The average Bonchev–Trinajstić information content (AvgIpc) is 3.19. The normalized spacial score (nSPS) is 10.4. The van der Waals surface area contributed by atoms with Crippen molar-refractivity contribution >= 4 is 11.8 Å². The maximum absolute atomic E-state index is 7.83. The smallest absolute Gasteiger partial charge is 0.213 e. The van der Waals surface area contributed by atoms with Crippen LogP contribution in [0.15, 0.2) is 65.3 Å². The van der Waals surface area contributed by atoms with Crippen LogP contribution >= 0.6 is 0 Å². The highest BCUT2D eigenvalue weighted by atomic mass is 16.5. The molecule has 0 radical (unpaired) electrons. The summed E-state index contributed by atoms with van der Waals surface area (Å²) in [5.74, 6) is 1.10. The minimum atomic E-state index is 0.168. The van der Waals surface area contributed by atoms with Crippen molar-refractivity contribution in [1.29, 1.82) is 10.8 Å². The van der Waals surface area contributed by atoms with Gasteiger partial charge in [0.1, 0.15) is 5.76 Å². The Morgan fingerprint density at radius 1 is 0.741 bits per heavy atom. The number of ether oxygens (including phenoxy) is 2. The molecule has 138 valence electrons. The van der Waals surface area contributed by atoms with Crippen LogP contribution in [0.3, 0.4) is 0 Å². The molecule has 0 saturated carbocycles. The summed E-state index contributed by atoms with van der Waals surface area (Å²) in [4.78, 5) is 0. The molecule has 0 saturated heterocycles. The first kappa shape index (κ1) is 18.5. The molecule has 5 heteroatoms. The zero-order valence-electron chi connectivity index (χ0n) is 15.4. The van der Waals surface area contributed by atoms with E-state index in [2.05, 4.69) is 0 Å². The summed E-state index contributed by atoms with van der Waals surface area (Å²) < 4.78 is 16.1. The van der Waals surface area contributed by atoms with Crippen LogP contribution in [0.25, 0.3) is 22.5 Å². The van der Waals surface area contributed by atoms with Gasteiger partial charge in [-0.15, -0.1) is 0 Å². The minimum absolute atomic E-state index is 0.168. The quantitative estimate of drug-likeness (QED) is 0.459. The second-order valence-electron chi connectivity index (χ2n) is 5.88. The minimum Gasteiger partial charge on any atom is -0.478 e. The van der Waals surface area contributed by atoms with Crippen LogP contribution in [0.1, 0.15) is 25.0 Å². The molecule has 2 aromatic carbocycles. The van der Waals surface area contributed by atoms with E-state index >= 15 is 0 Å². The van der Waals surface area contributed by atoms with E-state index in [1.807, 2.05) is 68.4 Å². The van der Waals surface area contributed by atoms with Crippen molar-refractivity contribution in [3.8, 4) is 22.5 Å². The fraction of sp³-hybridized carbons (Fsp3) is 0.182. The van der Waals surface area contributed by atoms with Gasteiger partial charge in [-0.1, -0.05) is 24.3 Å². The van der Waals surface area contributed by atoms with Gasteiger partial charge in [0.2, 0.25) is 11.8 Å². The van der Waals surface area contributed by atoms with Gasteiger partial charge < -0.3 is 13.9 Å². The maximum Gasteiger partial charge on any atom is 0.213 e. The fourth-order valence-electron chi connectivity index (χ4n) is 2.69. The van der Waals surface area contributed by atoms with Crippen molar-refractivity contribution in [1.82, 2.24) is 0 Å². The molecule has 3 aromatic rings. The largest absolute Gasteiger partial charge is 0.478 e. The molecule has 1 heterocycles. The summed E-state index contributed by atoms with van der Waals surface area (Å²) in [6.07, 6.45) is 1.72. The molecule has 0 aliphatic carbocycles. The van der Waals surface area contributed by atoms with Gasteiger partial charge in [-0.05, 0) is 49.7 Å². The van der Waals surface area contributed by atoms with Crippen molar-refractivity contribution in [2.24, 2.45) is 0 Å². The monoisotopic (exact) mass is 362 g/mol. The van der Waals surface area contributed by atoms with Gasteiger partial charge >= 0.3 is 0 Å². The van der Waals surface area contributed by atoms with Crippen LogP contribution in [0.2, 0.25) is 0 Å². The van der Waals surface area contributed by atoms with Crippen LogP contribution in [-0.4, -0.2) is 25.0 Å². The summed E-state index contributed by atoms with van der Waals surface area (Å²) in [5, 5.41) is 15.7.